The van der Waals surface area contributed by atoms with E-state index in [9.17, 15) is 0 Å². The van der Waals surface area contributed by atoms with Crippen LogP contribution in [0.2, 0.25) is 0 Å². The Morgan fingerprint density at radius 1 is 0.442 bits per heavy atom. The molecule has 0 saturated heterocycles. The minimum absolute atomic E-state index is 0.0638. The Hall–Kier alpha value is -5.16. The van der Waals surface area contributed by atoms with Crippen LogP contribution in [0.3, 0.4) is 0 Å². The number of imidazole rings is 4. The first-order valence-electron chi connectivity index (χ1n) is 15.1. The van der Waals surface area contributed by atoms with E-state index in [1.54, 1.807) is 0 Å². The summed E-state index contributed by atoms with van der Waals surface area (Å²) in [6, 6.07) is 33.6. The van der Waals surface area contributed by atoms with E-state index in [2.05, 4.69) is 132 Å². The zero-order valence-corrected chi connectivity index (χ0v) is 24.4. The monoisotopic (exact) mass is 553 g/mol. The topological polar surface area (TPSA) is 39.0 Å². The highest BCUT2D eigenvalue weighted by Gasteiger charge is 2.38. The van der Waals surface area contributed by atoms with Crippen LogP contribution in [-0.2, 0) is 10.8 Å². The van der Waals surface area contributed by atoms with Crippen molar-refractivity contribution in [2.75, 3.05) is 0 Å². The van der Waals surface area contributed by atoms with Crippen LogP contribution in [-0.4, -0.2) is 23.2 Å². The number of fused-ring (bicyclic) bond motifs is 16. The van der Waals surface area contributed by atoms with Gasteiger partial charge in [-0.2, -0.15) is 0 Å². The number of hydrogen-bond acceptors (Lipinski definition) is 2. The fraction of sp³-hybridized carbons (Fsp3) is 0.158. The molecular formula is C38H27N5. The van der Waals surface area contributed by atoms with Crippen molar-refractivity contribution in [1.82, 2.24) is 23.2 Å². The number of rotatable bonds is 0. The molecule has 0 atom stereocenters. The van der Waals surface area contributed by atoms with Crippen molar-refractivity contribution in [3.05, 3.63) is 113 Å². The van der Waals surface area contributed by atoms with Gasteiger partial charge in [0.1, 0.15) is 5.52 Å². The molecule has 5 aromatic carbocycles. The zero-order valence-electron chi connectivity index (χ0n) is 24.4. The van der Waals surface area contributed by atoms with Gasteiger partial charge in [0.05, 0.1) is 33.1 Å². The largest absolute Gasteiger partial charge is 0.276 e. The average Bonchev–Trinajstić information content (AvgIpc) is 3.80. The molecule has 0 fully saturated rings. The fourth-order valence-electron chi connectivity index (χ4n) is 8.69. The minimum atomic E-state index is -0.0638. The van der Waals surface area contributed by atoms with Crippen molar-refractivity contribution in [3.8, 4) is 22.3 Å². The lowest BCUT2D eigenvalue weighted by Gasteiger charge is -2.21. The smallest absolute Gasteiger partial charge is 0.223 e. The van der Waals surface area contributed by atoms with Crippen molar-refractivity contribution in [2.45, 2.75) is 38.5 Å². The van der Waals surface area contributed by atoms with Crippen molar-refractivity contribution < 1.29 is 0 Å². The Labute approximate surface area is 247 Å². The molecule has 5 nitrogen and oxygen atoms in total. The first kappa shape index (κ1) is 22.4. The van der Waals surface area contributed by atoms with E-state index in [1.165, 1.54) is 50.0 Å². The van der Waals surface area contributed by atoms with Crippen molar-refractivity contribution in [2.24, 2.45) is 0 Å². The van der Waals surface area contributed by atoms with Gasteiger partial charge >= 0.3 is 0 Å². The van der Waals surface area contributed by atoms with Gasteiger partial charge in [-0.25, -0.2) is 14.4 Å². The summed E-state index contributed by atoms with van der Waals surface area (Å²) in [6.07, 6.45) is 0. The number of nitrogens with zero attached hydrogens (tertiary/aromatic N) is 5. The van der Waals surface area contributed by atoms with Gasteiger partial charge in [0.15, 0.2) is 0 Å². The number of benzene rings is 5. The van der Waals surface area contributed by atoms with E-state index in [-0.39, 0.29) is 10.8 Å². The molecular weight excluding hydrogens is 526 g/mol. The molecule has 0 unspecified atom stereocenters. The Morgan fingerprint density at radius 2 is 0.907 bits per heavy atom. The van der Waals surface area contributed by atoms with Gasteiger partial charge in [0.2, 0.25) is 11.6 Å². The minimum Gasteiger partial charge on any atom is -0.276 e. The van der Waals surface area contributed by atoms with Crippen LogP contribution in [0.25, 0.3) is 72.4 Å². The summed E-state index contributed by atoms with van der Waals surface area (Å²) < 4.78 is 6.96. The van der Waals surface area contributed by atoms with Gasteiger partial charge in [-0.05, 0) is 80.9 Å². The maximum atomic E-state index is 5.31. The summed E-state index contributed by atoms with van der Waals surface area (Å²) in [6.45, 7) is 9.36. The van der Waals surface area contributed by atoms with Crippen LogP contribution in [0.5, 0.6) is 0 Å². The summed E-state index contributed by atoms with van der Waals surface area (Å²) in [5.74, 6) is 1.83. The van der Waals surface area contributed by atoms with Gasteiger partial charge in [0, 0.05) is 10.8 Å². The Kier molecular flexibility index (Phi) is 3.51. The maximum Gasteiger partial charge on any atom is 0.223 e. The third-order valence-electron chi connectivity index (χ3n) is 10.8. The molecule has 0 saturated carbocycles. The quantitative estimate of drug-likeness (QED) is 0.188. The molecule has 43 heavy (non-hydrogen) atoms. The molecule has 2 aliphatic rings. The van der Waals surface area contributed by atoms with Gasteiger partial charge in [-0.1, -0.05) is 82.3 Å². The van der Waals surface area contributed by atoms with E-state index in [4.69, 9.17) is 9.97 Å². The van der Waals surface area contributed by atoms with Crippen LogP contribution in [0.15, 0.2) is 91.0 Å². The van der Waals surface area contributed by atoms with E-state index >= 15 is 0 Å². The molecule has 4 aromatic heterocycles. The SMILES string of the molecule is CC1(C)c2ccccc2-c2cc3nc4n(c3cc21)c1cccc2c1n4c1nc3cc4c(cc3n21)C(C)(C)c1ccccc1-4. The molecule has 0 amide bonds. The van der Waals surface area contributed by atoms with E-state index in [1.807, 2.05) is 0 Å². The average molecular weight is 554 g/mol. The lowest BCUT2D eigenvalue weighted by Crippen LogP contribution is -2.14. The lowest BCUT2D eigenvalue weighted by atomic mass is 9.82. The molecule has 2 aliphatic carbocycles. The van der Waals surface area contributed by atoms with Crippen molar-refractivity contribution in [1.29, 1.82) is 0 Å². The molecule has 0 N–H and O–H groups in total. The second kappa shape index (κ2) is 6.73. The van der Waals surface area contributed by atoms with Crippen LogP contribution in [0.1, 0.15) is 49.9 Å². The predicted octanol–water partition coefficient (Wildman–Crippen LogP) is 8.74. The molecule has 0 radical (unpaired) electrons. The number of hydrogen-bond donors (Lipinski definition) is 0. The van der Waals surface area contributed by atoms with Crippen LogP contribution < -0.4 is 0 Å². The molecule has 0 bridgehead atoms. The Balaban J connectivity index is 1.26. The van der Waals surface area contributed by atoms with Gasteiger partial charge in [-0.15, -0.1) is 0 Å². The van der Waals surface area contributed by atoms with Gasteiger partial charge in [-0.3, -0.25) is 8.80 Å². The molecule has 9 aromatic rings. The summed E-state index contributed by atoms with van der Waals surface area (Å²) in [7, 11) is 0. The third-order valence-corrected chi connectivity index (χ3v) is 10.8. The molecule has 4 heterocycles. The molecule has 11 rings (SSSR count). The molecule has 5 heteroatoms. The fourth-order valence-corrected chi connectivity index (χ4v) is 8.69. The standard InChI is InChI=1S/C38H27N5/c1-37(2)24-12-7-5-10-20(24)22-16-28-32(18-26(22)37)41-30-14-9-15-31-34(30)43(35(41)39-28)36-40-29-17-23-21-11-6-8-13-25(21)38(3,4)27(23)19-33(29)42(31)36/h5-19H,1-4H3. The molecule has 204 valence electrons. The maximum absolute atomic E-state index is 5.31. The molecule has 0 aliphatic heterocycles. The zero-order chi connectivity index (χ0) is 28.6. The second-order valence-corrected chi connectivity index (χ2v) is 13.6. The first-order valence-corrected chi connectivity index (χ1v) is 15.1. The lowest BCUT2D eigenvalue weighted by molar-refractivity contribution is 0.661. The van der Waals surface area contributed by atoms with Gasteiger partial charge in [0.25, 0.3) is 0 Å². The second-order valence-electron chi connectivity index (χ2n) is 13.6. The summed E-state index contributed by atoms with van der Waals surface area (Å²) in [5, 5.41) is 0. The Bertz CT molecular complexity index is 2550. The van der Waals surface area contributed by atoms with Crippen LogP contribution in [0, 0.1) is 0 Å². The predicted molar refractivity (Wildman–Crippen MR) is 174 cm³/mol. The highest BCUT2D eigenvalue weighted by molar-refractivity contribution is 6.05. The summed E-state index contributed by atoms with van der Waals surface area (Å²) >= 11 is 0. The first-order chi connectivity index (χ1) is 20.8. The van der Waals surface area contributed by atoms with E-state index in [0.29, 0.717) is 0 Å². The van der Waals surface area contributed by atoms with Crippen LogP contribution >= 0.6 is 0 Å². The van der Waals surface area contributed by atoms with E-state index in [0.717, 1.165) is 44.7 Å². The summed E-state index contributed by atoms with van der Waals surface area (Å²) in [4.78, 5) is 10.6. The number of para-hydroxylation sites is 1. The Morgan fingerprint density at radius 3 is 1.40 bits per heavy atom. The number of aromatic nitrogens is 5. The van der Waals surface area contributed by atoms with Crippen molar-refractivity contribution in [3.63, 3.8) is 0 Å². The van der Waals surface area contributed by atoms with Gasteiger partial charge < -0.3 is 0 Å². The highest BCUT2D eigenvalue weighted by atomic mass is 15.3. The highest BCUT2D eigenvalue weighted by Crippen LogP contribution is 2.51. The van der Waals surface area contributed by atoms with Crippen LogP contribution in [0.4, 0.5) is 0 Å². The third kappa shape index (κ3) is 2.32. The molecule has 0 spiro atoms. The normalized spacial score (nSPS) is 16.3. The van der Waals surface area contributed by atoms with E-state index < -0.39 is 0 Å². The van der Waals surface area contributed by atoms with Crippen molar-refractivity contribution >= 4 is 50.2 Å². The summed E-state index contributed by atoms with van der Waals surface area (Å²) in [5.41, 5.74) is 18.4.